The second-order valence-electron chi connectivity index (χ2n) is 6.33. The van der Waals surface area contributed by atoms with Crippen LogP contribution in [0, 0.1) is 5.92 Å². The molecule has 0 N–H and O–H groups in total. The summed E-state index contributed by atoms with van der Waals surface area (Å²) in [5, 5.41) is 0. The lowest BCUT2D eigenvalue weighted by atomic mass is 10.1. The lowest BCUT2D eigenvalue weighted by Crippen LogP contribution is -1.95. The van der Waals surface area contributed by atoms with Gasteiger partial charge in [-0.1, -0.05) is 83.0 Å². The Labute approximate surface area is 142 Å². The number of ether oxygens (including phenoxy) is 1. The van der Waals surface area contributed by atoms with Crippen molar-refractivity contribution in [3.05, 3.63) is 65.7 Å². The fourth-order valence-corrected chi connectivity index (χ4v) is 1.91. The van der Waals surface area contributed by atoms with Gasteiger partial charge in [0.15, 0.2) is 0 Å². The molecule has 0 aliphatic rings. The van der Waals surface area contributed by atoms with E-state index in [-0.39, 0.29) is 0 Å². The average Bonchev–Trinajstić information content (AvgIpc) is 2.60. The number of hydrogen-bond donors (Lipinski definition) is 0. The molecular weight excluding hydrogens is 280 g/mol. The van der Waals surface area contributed by atoms with Crippen LogP contribution in [0.4, 0.5) is 0 Å². The van der Waals surface area contributed by atoms with Crippen LogP contribution in [0.3, 0.4) is 0 Å². The van der Waals surface area contributed by atoms with E-state index in [4.69, 9.17) is 4.74 Å². The van der Waals surface area contributed by atoms with Crippen LogP contribution in [0.25, 0.3) is 0 Å². The standard InChI is InChI=1S/C17H20O.C5H12/c1-2-3-8-15-11-7-12-17(13-15)18-14-16-9-5-4-6-10-16;1-4-5(2)3/h4-7,9-13H,2-3,8,14H2,1H3;5H,4H2,1-3H3. The highest BCUT2D eigenvalue weighted by molar-refractivity contribution is 5.29. The van der Waals surface area contributed by atoms with Crippen molar-refractivity contribution in [2.45, 2.75) is 60.0 Å². The van der Waals surface area contributed by atoms with E-state index >= 15 is 0 Å². The van der Waals surface area contributed by atoms with Crippen LogP contribution in [-0.2, 0) is 13.0 Å². The van der Waals surface area contributed by atoms with Crippen LogP contribution in [0.5, 0.6) is 5.75 Å². The minimum absolute atomic E-state index is 0.637. The normalized spacial score (nSPS) is 10.1. The van der Waals surface area contributed by atoms with E-state index in [1.165, 1.54) is 30.4 Å². The highest BCUT2D eigenvalue weighted by Gasteiger charge is 1.98. The van der Waals surface area contributed by atoms with Crippen molar-refractivity contribution >= 4 is 0 Å². The summed E-state index contributed by atoms with van der Waals surface area (Å²) in [7, 11) is 0. The van der Waals surface area contributed by atoms with Gasteiger partial charge in [0.1, 0.15) is 12.4 Å². The Kier molecular flexibility index (Phi) is 9.86. The lowest BCUT2D eigenvalue weighted by molar-refractivity contribution is 0.306. The molecule has 0 fully saturated rings. The van der Waals surface area contributed by atoms with Gasteiger partial charge in [-0.25, -0.2) is 0 Å². The summed E-state index contributed by atoms with van der Waals surface area (Å²) >= 11 is 0. The van der Waals surface area contributed by atoms with Crippen molar-refractivity contribution in [3.63, 3.8) is 0 Å². The molecular formula is C22H32O. The molecule has 1 nitrogen and oxygen atoms in total. The zero-order chi connectivity index (χ0) is 16.9. The molecule has 0 spiro atoms. The first-order valence-electron chi connectivity index (χ1n) is 8.91. The van der Waals surface area contributed by atoms with Crippen molar-refractivity contribution in [3.8, 4) is 5.75 Å². The van der Waals surface area contributed by atoms with Gasteiger partial charge in [-0.05, 0) is 42.0 Å². The summed E-state index contributed by atoms with van der Waals surface area (Å²) < 4.78 is 5.81. The summed E-state index contributed by atoms with van der Waals surface area (Å²) in [5.74, 6) is 1.85. The van der Waals surface area contributed by atoms with E-state index in [0.717, 1.165) is 18.1 Å². The van der Waals surface area contributed by atoms with Gasteiger partial charge >= 0.3 is 0 Å². The van der Waals surface area contributed by atoms with Crippen molar-refractivity contribution in [1.29, 1.82) is 0 Å². The Hall–Kier alpha value is -1.76. The number of aryl methyl sites for hydroxylation is 1. The molecule has 0 saturated carbocycles. The summed E-state index contributed by atoms with van der Waals surface area (Å²) in [6, 6.07) is 18.7. The van der Waals surface area contributed by atoms with Gasteiger partial charge < -0.3 is 4.74 Å². The molecule has 1 heteroatoms. The Morgan fingerprint density at radius 2 is 1.52 bits per heavy atom. The largest absolute Gasteiger partial charge is 0.489 e. The van der Waals surface area contributed by atoms with Crippen LogP contribution in [-0.4, -0.2) is 0 Å². The molecule has 0 aromatic heterocycles. The highest BCUT2D eigenvalue weighted by atomic mass is 16.5. The van der Waals surface area contributed by atoms with Gasteiger partial charge in [0.05, 0.1) is 0 Å². The van der Waals surface area contributed by atoms with Crippen molar-refractivity contribution in [1.82, 2.24) is 0 Å². The first-order chi connectivity index (χ1) is 11.2. The Morgan fingerprint density at radius 3 is 2.13 bits per heavy atom. The van der Waals surface area contributed by atoms with Crippen LogP contribution in [0.2, 0.25) is 0 Å². The van der Waals surface area contributed by atoms with Gasteiger partial charge in [-0.3, -0.25) is 0 Å². The molecule has 2 aromatic rings. The molecule has 126 valence electrons. The van der Waals surface area contributed by atoms with Crippen molar-refractivity contribution in [2.24, 2.45) is 5.92 Å². The Balaban J connectivity index is 0.000000463. The maximum absolute atomic E-state index is 5.81. The van der Waals surface area contributed by atoms with Crippen LogP contribution < -0.4 is 4.74 Å². The minimum atomic E-state index is 0.637. The van der Waals surface area contributed by atoms with E-state index in [1.807, 2.05) is 24.3 Å². The smallest absolute Gasteiger partial charge is 0.120 e. The number of unbranched alkanes of at least 4 members (excludes halogenated alkanes) is 1. The fraction of sp³-hybridized carbons (Fsp3) is 0.455. The van der Waals surface area contributed by atoms with Gasteiger partial charge in [-0.15, -0.1) is 0 Å². The topological polar surface area (TPSA) is 9.23 Å². The summed E-state index contributed by atoms with van der Waals surface area (Å²) in [4.78, 5) is 0. The lowest BCUT2D eigenvalue weighted by Gasteiger charge is -2.08. The fourth-order valence-electron chi connectivity index (χ4n) is 1.91. The van der Waals surface area contributed by atoms with Crippen LogP contribution in [0.1, 0.15) is 58.1 Å². The monoisotopic (exact) mass is 312 g/mol. The van der Waals surface area contributed by atoms with Crippen molar-refractivity contribution in [2.75, 3.05) is 0 Å². The first kappa shape index (κ1) is 19.3. The molecule has 0 aliphatic heterocycles. The third kappa shape index (κ3) is 9.07. The Morgan fingerprint density at radius 1 is 0.870 bits per heavy atom. The molecule has 2 aromatic carbocycles. The van der Waals surface area contributed by atoms with E-state index in [1.54, 1.807) is 0 Å². The summed E-state index contributed by atoms with van der Waals surface area (Å²) in [6.07, 6.45) is 4.91. The van der Waals surface area contributed by atoms with Crippen LogP contribution >= 0.6 is 0 Å². The summed E-state index contributed by atoms with van der Waals surface area (Å²) in [6.45, 7) is 9.50. The van der Waals surface area contributed by atoms with Crippen molar-refractivity contribution < 1.29 is 4.74 Å². The quantitative estimate of drug-likeness (QED) is 0.555. The number of rotatable bonds is 7. The zero-order valence-corrected chi connectivity index (χ0v) is 15.2. The minimum Gasteiger partial charge on any atom is -0.489 e. The predicted octanol–water partition coefficient (Wildman–Crippen LogP) is 6.66. The average molecular weight is 312 g/mol. The molecule has 2 rings (SSSR count). The second kappa shape index (κ2) is 11.8. The van der Waals surface area contributed by atoms with E-state index < -0.39 is 0 Å². The van der Waals surface area contributed by atoms with Gasteiger partial charge in [0.2, 0.25) is 0 Å². The number of hydrogen-bond acceptors (Lipinski definition) is 1. The molecule has 0 amide bonds. The third-order valence-corrected chi connectivity index (χ3v) is 3.78. The predicted molar refractivity (Wildman–Crippen MR) is 101 cm³/mol. The Bertz CT molecular complexity index is 517. The SMILES string of the molecule is CCC(C)C.CCCCc1cccc(OCc2ccccc2)c1. The molecule has 0 unspecified atom stereocenters. The van der Waals surface area contributed by atoms with E-state index in [9.17, 15) is 0 Å². The van der Waals surface area contributed by atoms with Gasteiger partial charge in [0, 0.05) is 0 Å². The van der Waals surface area contributed by atoms with E-state index in [0.29, 0.717) is 6.61 Å². The maximum Gasteiger partial charge on any atom is 0.120 e. The molecule has 0 heterocycles. The van der Waals surface area contributed by atoms with Crippen LogP contribution in [0.15, 0.2) is 54.6 Å². The zero-order valence-electron chi connectivity index (χ0n) is 15.2. The van der Waals surface area contributed by atoms with Gasteiger partial charge in [0.25, 0.3) is 0 Å². The molecule has 0 saturated heterocycles. The second-order valence-corrected chi connectivity index (χ2v) is 6.33. The molecule has 0 bridgehead atoms. The third-order valence-electron chi connectivity index (χ3n) is 3.78. The molecule has 0 atom stereocenters. The number of benzene rings is 2. The highest BCUT2D eigenvalue weighted by Crippen LogP contribution is 2.16. The van der Waals surface area contributed by atoms with Gasteiger partial charge in [-0.2, -0.15) is 0 Å². The first-order valence-corrected chi connectivity index (χ1v) is 8.91. The maximum atomic E-state index is 5.81. The molecule has 0 radical (unpaired) electrons. The molecule has 23 heavy (non-hydrogen) atoms. The van der Waals surface area contributed by atoms with E-state index in [2.05, 4.69) is 58.0 Å². The molecule has 0 aliphatic carbocycles. The summed E-state index contributed by atoms with van der Waals surface area (Å²) in [5.41, 5.74) is 2.57.